The topological polar surface area (TPSA) is 38.0 Å². The molecule has 0 fully saturated rings. The molecule has 0 heterocycles. The first kappa shape index (κ1) is 14.6. The Morgan fingerprint density at radius 3 is 2.89 bits per heavy atom. The highest BCUT2D eigenvalue weighted by Gasteiger charge is 2.14. The zero-order valence-corrected chi connectivity index (χ0v) is 12.5. The van der Waals surface area contributed by atoms with Crippen LogP contribution in [0, 0.1) is 6.92 Å². The van der Waals surface area contributed by atoms with E-state index in [2.05, 4.69) is 42.7 Å². The predicted octanol–water partition coefficient (Wildman–Crippen LogP) is 3.81. The first-order valence-corrected chi connectivity index (χ1v) is 8.13. The number of nitrogens with two attached hydrogens (primary N) is 1. The van der Waals surface area contributed by atoms with Crippen LogP contribution in [0.15, 0.2) is 40.8 Å². The van der Waals surface area contributed by atoms with Crippen molar-refractivity contribution in [2.24, 2.45) is 5.84 Å². The van der Waals surface area contributed by atoms with Gasteiger partial charge in [-0.3, -0.25) is 11.3 Å². The zero-order valence-electron chi connectivity index (χ0n) is 11.7. The summed E-state index contributed by atoms with van der Waals surface area (Å²) in [6.07, 6.45) is 8.79. The van der Waals surface area contributed by atoms with E-state index >= 15 is 0 Å². The van der Waals surface area contributed by atoms with Gasteiger partial charge in [0, 0.05) is 10.6 Å². The number of benzene rings is 1. The molecule has 1 aromatic rings. The number of nitrogens with one attached hydrogen (secondary N) is 1. The molecule has 2 rings (SSSR count). The summed E-state index contributed by atoms with van der Waals surface area (Å²) in [6.45, 7) is 2.16. The lowest BCUT2D eigenvalue weighted by Crippen LogP contribution is -2.38. The summed E-state index contributed by atoms with van der Waals surface area (Å²) in [7, 11) is 0. The van der Waals surface area contributed by atoms with E-state index in [1.54, 1.807) is 0 Å². The molecule has 3 N–H and O–H groups in total. The first-order chi connectivity index (χ1) is 9.31. The lowest BCUT2D eigenvalue weighted by Gasteiger charge is -2.19. The molecule has 1 unspecified atom stereocenters. The van der Waals surface area contributed by atoms with Gasteiger partial charge >= 0.3 is 0 Å². The molecule has 1 aliphatic rings. The minimum absolute atomic E-state index is 0.308. The fourth-order valence-corrected chi connectivity index (χ4v) is 3.64. The molecule has 0 radical (unpaired) electrons. The van der Waals surface area contributed by atoms with Crippen LogP contribution in [0.4, 0.5) is 0 Å². The van der Waals surface area contributed by atoms with Crippen LogP contribution in [-0.4, -0.2) is 11.8 Å². The minimum Gasteiger partial charge on any atom is -0.271 e. The van der Waals surface area contributed by atoms with Crippen LogP contribution < -0.4 is 11.3 Å². The molecular formula is C16H24N2S. The summed E-state index contributed by atoms with van der Waals surface area (Å²) in [5, 5.41) is 0. The number of hydrogen-bond donors (Lipinski definition) is 2. The molecule has 0 aliphatic heterocycles. The molecule has 0 aromatic heterocycles. The highest BCUT2D eigenvalue weighted by atomic mass is 32.2. The highest BCUT2D eigenvalue weighted by molar-refractivity contribution is 7.99. The fraction of sp³-hybridized carbons (Fsp3) is 0.500. The molecule has 1 aliphatic carbocycles. The lowest BCUT2D eigenvalue weighted by atomic mass is 10.0. The third-order valence-corrected chi connectivity index (χ3v) is 4.99. The third-order valence-electron chi connectivity index (χ3n) is 3.72. The Hall–Kier alpha value is -0.770. The van der Waals surface area contributed by atoms with Crippen molar-refractivity contribution in [3.05, 3.63) is 41.5 Å². The standard InChI is InChI=1S/C16H24N2S/c1-13-8-6-7-11-16(13)19-12-15(18-17)14-9-4-2-3-5-10-14/h6-9,11,15,18H,2-5,10,12,17H2,1H3. The maximum atomic E-state index is 5.75. The van der Waals surface area contributed by atoms with Crippen LogP contribution in [0.5, 0.6) is 0 Å². The van der Waals surface area contributed by atoms with Crippen molar-refractivity contribution in [3.8, 4) is 0 Å². The summed E-state index contributed by atoms with van der Waals surface area (Å²) in [5.74, 6) is 6.76. The van der Waals surface area contributed by atoms with Crippen molar-refractivity contribution >= 4 is 11.8 Å². The van der Waals surface area contributed by atoms with E-state index in [9.17, 15) is 0 Å². The summed E-state index contributed by atoms with van der Waals surface area (Å²) in [5.41, 5.74) is 5.85. The van der Waals surface area contributed by atoms with Gasteiger partial charge in [0.2, 0.25) is 0 Å². The van der Waals surface area contributed by atoms with Gasteiger partial charge in [-0.1, -0.05) is 36.3 Å². The Morgan fingerprint density at radius 1 is 1.26 bits per heavy atom. The van der Waals surface area contributed by atoms with Gasteiger partial charge in [-0.05, 0) is 44.2 Å². The van der Waals surface area contributed by atoms with E-state index in [0.717, 1.165) is 5.75 Å². The number of hydrogen-bond acceptors (Lipinski definition) is 3. The average Bonchev–Trinajstić information content (AvgIpc) is 2.71. The maximum Gasteiger partial charge on any atom is 0.0513 e. The predicted molar refractivity (Wildman–Crippen MR) is 84.2 cm³/mol. The number of thioether (sulfide) groups is 1. The van der Waals surface area contributed by atoms with Gasteiger partial charge in [0.1, 0.15) is 0 Å². The third kappa shape index (κ3) is 4.37. The van der Waals surface area contributed by atoms with Crippen LogP contribution in [-0.2, 0) is 0 Å². The second-order valence-electron chi connectivity index (χ2n) is 5.17. The number of hydrazine groups is 1. The second-order valence-corrected chi connectivity index (χ2v) is 6.24. The van der Waals surface area contributed by atoms with Crippen LogP contribution in [0.1, 0.15) is 37.7 Å². The Bertz CT molecular complexity index is 429. The van der Waals surface area contributed by atoms with Gasteiger partial charge in [-0.15, -0.1) is 11.8 Å². The molecule has 0 bridgehead atoms. The first-order valence-electron chi connectivity index (χ1n) is 7.14. The average molecular weight is 276 g/mol. The molecule has 1 atom stereocenters. The highest BCUT2D eigenvalue weighted by Crippen LogP contribution is 2.26. The summed E-state index contributed by atoms with van der Waals surface area (Å²) in [6, 6.07) is 8.85. The molecule has 19 heavy (non-hydrogen) atoms. The molecule has 0 amide bonds. The molecule has 2 nitrogen and oxygen atoms in total. The molecule has 104 valence electrons. The molecule has 1 aromatic carbocycles. The quantitative estimate of drug-likeness (QED) is 0.372. The fourth-order valence-electron chi connectivity index (χ4n) is 2.51. The van der Waals surface area contributed by atoms with E-state index in [1.807, 2.05) is 11.8 Å². The van der Waals surface area contributed by atoms with E-state index < -0.39 is 0 Å². The Morgan fingerprint density at radius 2 is 2.11 bits per heavy atom. The van der Waals surface area contributed by atoms with Crippen molar-refractivity contribution in [1.29, 1.82) is 0 Å². The molecule has 3 heteroatoms. The van der Waals surface area contributed by atoms with Crippen molar-refractivity contribution < 1.29 is 0 Å². The van der Waals surface area contributed by atoms with Crippen molar-refractivity contribution in [3.63, 3.8) is 0 Å². The Balaban J connectivity index is 1.95. The second kappa shape index (κ2) is 7.73. The van der Waals surface area contributed by atoms with Gasteiger partial charge < -0.3 is 0 Å². The zero-order chi connectivity index (χ0) is 13.5. The van der Waals surface area contributed by atoms with E-state index in [1.165, 1.54) is 48.1 Å². The van der Waals surface area contributed by atoms with Gasteiger partial charge in [-0.2, -0.15) is 0 Å². The van der Waals surface area contributed by atoms with Gasteiger partial charge in [0.25, 0.3) is 0 Å². The lowest BCUT2D eigenvalue weighted by molar-refractivity contribution is 0.611. The molecule has 0 saturated carbocycles. The SMILES string of the molecule is Cc1ccccc1SCC(NN)C1=CCCCCC1. The Labute approximate surface area is 120 Å². The maximum absolute atomic E-state index is 5.75. The number of rotatable bonds is 5. The van der Waals surface area contributed by atoms with Gasteiger partial charge in [0.15, 0.2) is 0 Å². The van der Waals surface area contributed by atoms with Gasteiger partial charge in [-0.25, -0.2) is 0 Å². The van der Waals surface area contributed by atoms with Crippen molar-refractivity contribution in [2.75, 3.05) is 5.75 Å². The summed E-state index contributed by atoms with van der Waals surface area (Å²) in [4.78, 5) is 1.36. The monoisotopic (exact) mass is 276 g/mol. The number of allylic oxidation sites excluding steroid dienone is 1. The van der Waals surface area contributed by atoms with E-state index in [4.69, 9.17) is 5.84 Å². The minimum atomic E-state index is 0.308. The van der Waals surface area contributed by atoms with Crippen molar-refractivity contribution in [1.82, 2.24) is 5.43 Å². The summed E-state index contributed by atoms with van der Waals surface area (Å²) < 4.78 is 0. The van der Waals surface area contributed by atoms with Gasteiger partial charge in [0.05, 0.1) is 6.04 Å². The smallest absolute Gasteiger partial charge is 0.0513 e. The molecular weight excluding hydrogens is 252 g/mol. The van der Waals surface area contributed by atoms with Crippen molar-refractivity contribution in [2.45, 2.75) is 50.0 Å². The molecule has 0 spiro atoms. The van der Waals surface area contributed by atoms with Crippen LogP contribution in [0.25, 0.3) is 0 Å². The normalized spacial score (nSPS) is 17.7. The Kier molecular flexibility index (Phi) is 5.95. The molecule has 0 saturated heterocycles. The van der Waals surface area contributed by atoms with E-state index in [0.29, 0.717) is 6.04 Å². The summed E-state index contributed by atoms with van der Waals surface area (Å²) >= 11 is 1.90. The van der Waals surface area contributed by atoms with E-state index in [-0.39, 0.29) is 0 Å². The largest absolute Gasteiger partial charge is 0.271 e. The van der Waals surface area contributed by atoms with Crippen LogP contribution in [0.2, 0.25) is 0 Å². The van der Waals surface area contributed by atoms with Crippen LogP contribution in [0.3, 0.4) is 0 Å². The number of aryl methyl sites for hydroxylation is 1. The van der Waals surface area contributed by atoms with Crippen LogP contribution >= 0.6 is 11.8 Å².